The maximum absolute atomic E-state index is 14.9. The molecule has 2 unspecified atom stereocenters. The summed E-state index contributed by atoms with van der Waals surface area (Å²) in [4.78, 5) is 16.7. The second kappa shape index (κ2) is 13.6. The first-order valence-corrected chi connectivity index (χ1v) is 15.7. The van der Waals surface area contributed by atoms with E-state index in [-0.39, 0.29) is 36.3 Å². The third kappa shape index (κ3) is 7.36. The van der Waals surface area contributed by atoms with Crippen LogP contribution >= 0.6 is 11.8 Å². The van der Waals surface area contributed by atoms with Crippen molar-refractivity contribution in [3.05, 3.63) is 125 Å². The van der Waals surface area contributed by atoms with Crippen molar-refractivity contribution < 1.29 is 41.3 Å². The quantitative estimate of drug-likeness (QED) is 0.160. The number of benzene rings is 4. The molecule has 6 rings (SSSR count). The van der Waals surface area contributed by atoms with Crippen LogP contribution in [0.1, 0.15) is 40.3 Å². The summed E-state index contributed by atoms with van der Waals surface area (Å²) in [5.41, 5.74) is -1.31. The lowest BCUT2D eigenvalue weighted by atomic mass is 9.90. The number of fused-ring (bicyclic) bond motifs is 1. The number of carbonyl (C=O) groups excluding carboxylic acids is 1. The summed E-state index contributed by atoms with van der Waals surface area (Å²) in [7, 11) is 0. The van der Waals surface area contributed by atoms with E-state index in [1.807, 2.05) is 18.2 Å². The molecule has 0 aliphatic carbocycles. The van der Waals surface area contributed by atoms with Gasteiger partial charge in [0.2, 0.25) is 0 Å². The zero-order valence-corrected chi connectivity index (χ0v) is 26.1. The lowest BCUT2D eigenvalue weighted by Crippen LogP contribution is -2.43. The average Bonchev–Trinajstić information content (AvgIpc) is 3.57. The Labute approximate surface area is 275 Å². The highest BCUT2D eigenvalue weighted by atomic mass is 32.2. The van der Waals surface area contributed by atoms with Gasteiger partial charge >= 0.3 is 6.18 Å². The van der Waals surface area contributed by atoms with Crippen molar-refractivity contribution in [3.63, 3.8) is 0 Å². The van der Waals surface area contributed by atoms with Crippen LogP contribution in [0.2, 0.25) is 0 Å². The van der Waals surface area contributed by atoms with Crippen molar-refractivity contribution >= 4 is 34.1 Å². The summed E-state index contributed by atoms with van der Waals surface area (Å²) in [5, 5.41) is 19.2. The molecule has 4 aromatic carbocycles. The van der Waals surface area contributed by atoms with Gasteiger partial charge in [-0.1, -0.05) is 31.2 Å². The maximum Gasteiger partial charge on any atom is 0.416 e. The highest BCUT2D eigenvalue weighted by molar-refractivity contribution is 8.00. The third-order valence-electron chi connectivity index (χ3n) is 8.07. The van der Waals surface area contributed by atoms with E-state index in [4.69, 9.17) is 9.47 Å². The van der Waals surface area contributed by atoms with Crippen LogP contribution in [0.3, 0.4) is 0 Å². The molecule has 0 radical (unpaired) electrons. The average molecular weight is 685 g/mol. The number of ether oxygens (including phenoxy) is 2. The molecular weight excluding hydrogens is 655 g/mol. The fourth-order valence-electron chi connectivity index (χ4n) is 5.49. The lowest BCUT2D eigenvalue weighted by Gasteiger charge is -2.37. The Kier molecular flexibility index (Phi) is 9.52. The largest absolute Gasteiger partial charge is 0.416 e. The van der Waals surface area contributed by atoms with E-state index in [9.17, 15) is 31.9 Å². The summed E-state index contributed by atoms with van der Waals surface area (Å²) in [5.74, 6) is -2.09. The van der Waals surface area contributed by atoms with Gasteiger partial charge in [-0.2, -0.15) is 18.3 Å². The van der Waals surface area contributed by atoms with Crippen LogP contribution in [0.15, 0.2) is 91.5 Å². The monoisotopic (exact) mass is 684 g/mol. The van der Waals surface area contributed by atoms with Gasteiger partial charge in [-0.15, -0.1) is 11.8 Å². The molecule has 5 aromatic rings. The fourth-order valence-corrected chi connectivity index (χ4v) is 6.81. The van der Waals surface area contributed by atoms with Gasteiger partial charge in [0, 0.05) is 33.7 Å². The van der Waals surface area contributed by atoms with Crippen LogP contribution in [-0.2, 0) is 27.8 Å². The van der Waals surface area contributed by atoms with Gasteiger partial charge in [-0.25, -0.2) is 18.4 Å². The number of halogens is 5. The van der Waals surface area contributed by atoms with Crippen molar-refractivity contribution in [2.24, 2.45) is 0 Å². The molecule has 1 saturated heterocycles. The van der Waals surface area contributed by atoms with Crippen molar-refractivity contribution in [1.29, 1.82) is 0 Å². The number of alkyl halides is 3. The predicted molar refractivity (Wildman–Crippen MR) is 169 cm³/mol. The first-order chi connectivity index (χ1) is 22.9. The number of anilines is 1. The second-order valence-corrected chi connectivity index (χ2v) is 13.0. The Morgan fingerprint density at radius 1 is 1.00 bits per heavy atom. The fraction of sp³-hybridized carbons (Fsp3) is 0.265. The van der Waals surface area contributed by atoms with Crippen LogP contribution in [0.25, 0.3) is 10.8 Å². The zero-order chi connectivity index (χ0) is 34.1. The highest BCUT2D eigenvalue weighted by Crippen LogP contribution is 2.40. The summed E-state index contributed by atoms with van der Waals surface area (Å²) >= 11 is 1.35. The van der Waals surface area contributed by atoms with Crippen LogP contribution in [0.5, 0.6) is 0 Å². The normalized spacial score (nSPS) is 18.7. The minimum absolute atomic E-state index is 0.0636. The maximum atomic E-state index is 14.9. The molecule has 8 nitrogen and oxygen atoms in total. The van der Waals surface area contributed by atoms with E-state index in [0.717, 1.165) is 40.6 Å². The lowest BCUT2D eigenvalue weighted by molar-refractivity contribution is -0.180. The molecule has 0 bridgehead atoms. The summed E-state index contributed by atoms with van der Waals surface area (Å²) < 4.78 is 80.6. The molecule has 1 aliphatic heterocycles. The van der Waals surface area contributed by atoms with E-state index in [1.54, 1.807) is 25.1 Å². The molecular formula is C34H29F5N4O4S. The topological polar surface area (TPSA) is 98.5 Å². The van der Waals surface area contributed by atoms with Gasteiger partial charge in [-0.05, 0) is 59.3 Å². The Morgan fingerprint density at radius 3 is 2.38 bits per heavy atom. The van der Waals surface area contributed by atoms with Gasteiger partial charge in [-0.3, -0.25) is 4.79 Å². The Bertz CT molecular complexity index is 1900. The molecule has 2 N–H and O–H groups in total. The summed E-state index contributed by atoms with van der Waals surface area (Å²) in [6.45, 7) is 2.17. The predicted octanol–water partition coefficient (Wildman–Crippen LogP) is 7.10. The van der Waals surface area contributed by atoms with E-state index in [0.29, 0.717) is 5.56 Å². The van der Waals surface area contributed by atoms with Gasteiger partial charge < -0.3 is 19.9 Å². The van der Waals surface area contributed by atoms with E-state index < -0.39 is 46.4 Å². The first-order valence-electron chi connectivity index (χ1n) is 14.8. The molecule has 1 aliphatic rings. The zero-order valence-electron chi connectivity index (χ0n) is 25.3. The molecule has 1 fully saturated rings. The summed E-state index contributed by atoms with van der Waals surface area (Å²) in [6, 6.07) is 17.8. The number of nitrogens with zero attached hydrogens (tertiary/aromatic N) is 3. The Morgan fingerprint density at radius 2 is 1.71 bits per heavy atom. The number of thioether (sulfide) groups is 1. The van der Waals surface area contributed by atoms with Crippen LogP contribution in [0.4, 0.5) is 27.6 Å². The van der Waals surface area contributed by atoms with Crippen LogP contribution in [0, 0.1) is 11.6 Å². The van der Waals surface area contributed by atoms with E-state index >= 15 is 0 Å². The van der Waals surface area contributed by atoms with Gasteiger partial charge in [0.25, 0.3) is 5.91 Å². The number of hydrogen-bond donors (Lipinski definition) is 2. The number of aliphatic hydroxyl groups is 1. The number of carbonyl (C=O) groups is 1. The standard InChI is InChI=1S/C34H29F5N4O4S/c1-20(33(45,17-43-19-40-18-41-43)29-11-8-26(35)14-30(29)36)48-28-15-46-32(47-16-28)24-5-3-21-12-23(4-2-22(21)13-24)31(44)42-27-9-6-25(7-10-27)34(37,38)39/h2-14,18-20,28,32,45H,15-17H2,1H3,(H,42,44). The summed E-state index contributed by atoms with van der Waals surface area (Å²) in [6.07, 6.45) is -2.43. The first kappa shape index (κ1) is 33.5. The third-order valence-corrected chi connectivity index (χ3v) is 9.53. The van der Waals surface area contributed by atoms with E-state index in [1.165, 1.54) is 47.3 Å². The Balaban J connectivity index is 1.09. The Hall–Kier alpha value is -4.37. The minimum Gasteiger partial charge on any atom is -0.382 e. The number of nitrogens with one attached hydrogen (secondary N) is 1. The van der Waals surface area contributed by atoms with Crippen molar-refractivity contribution in [2.75, 3.05) is 18.5 Å². The molecule has 250 valence electrons. The molecule has 2 heterocycles. The van der Waals surface area contributed by atoms with Gasteiger partial charge in [0.05, 0.1) is 30.6 Å². The van der Waals surface area contributed by atoms with Crippen LogP contribution in [-0.4, -0.2) is 49.5 Å². The number of hydrogen-bond acceptors (Lipinski definition) is 7. The molecule has 14 heteroatoms. The molecule has 1 amide bonds. The molecule has 2 atom stereocenters. The van der Waals surface area contributed by atoms with Crippen LogP contribution < -0.4 is 5.32 Å². The van der Waals surface area contributed by atoms with Gasteiger partial charge in [0.1, 0.15) is 29.9 Å². The molecule has 0 saturated carbocycles. The van der Waals surface area contributed by atoms with Crippen molar-refractivity contribution in [1.82, 2.24) is 14.8 Å². The van der Waals surface area contributed by atoms with E-state index in [2.05, 4.69) is 15.4 Å². The number of rotatable bonds is 9. The molecule has 48 heavy (non-hydrogen) atoms. The minimum atomic E-state index is -4.47. The van der Waals surface area contributed by atoms with Crippen molar-refractivity contribution in [2.45, 2.75) is 42.0 Å². The smallest absolute Gasteiger partial charge is 0.382 e. The van der Waals surface area contributed by atoms with Crippen molar-refractivity contribution in [3.8, 4) is 0 Å². The second-order valence-electron chi connectivity index (χ2n) is 11.4. The number of aromatic nitrogens is 3. The highest BCUT2D eigenvalue weighted by Gasteiger charge is 2.41. The molecule has 1 aromatic heterocycles. The SMILES string of the molecule is CC(SC1COC(c2ccc3cc(C(=O)Nc4ccc(C(F)(F)F)cc4)ccc3c2)OC1)C(O)(Cn1cncn1)c1ccc(F)cc1F. The number of amides is 1. The van der Waals surface area contributed by atoms with Gasteiger partial charge in [0.15, 0.2) is 6.29 Å². The molecule has 0 spiro atoms.